The van der Waals surface area contributed by atoms with Crippen LogP contribution < -0.4 is 5.32 Å². The summed E-state index contributed by atoms with van der Waals surface area (Å²) in [6.45, 7) is 3.38. The summed E-state index contributed by atoms with van der Waals surface area (Å²) in [5, 5.41) is 11.7. The third kappa shape index (κ3) is 4.22. The smallest absolute Gasteiger partial charge is 0.327 e. The van der Waals surface area contributed by atoms with E-state index in [2.05, 4.69) is 17.9 Å². The number of nitrogens with one attached hydrogen (secondary N) is 1. The minimum absolute atomic E-state index is 0.0266. The van der Waals surface area contributed by atoms with E-state index in [0.717, 1.165) is 25.7 Å². The monoisotopic (exact) mass is 259 g/mol. The van der Waals surface area contributed by atoms with Crippen molar-refractivity contribution in [3.63, 3.8) is 0 Å². The van der Waals surface area contributed by atoms with Crippen LogP contribution in [0.15, 0.2) is 0 Å². The summed E-state index contributed by atoms with van der Waals surface area (Å²) < 4.78 is -0.768. The molecule has 0 saturated heterocycles. The molecule has 2 N–H and O–H groups in total. The van der Waals surface area contributed by atoms with Gasteiger partial charge in [-0.15, -0.1) is 0 Å². The zero-order valence-electron chi connectivity index (χ0n) is 10.4. The number of carboxylic acid groups (broad SMARTS) is 1. The van der Waals surface area contributed by atoms with Gasteiger partial charge in [0.05, 0.1) is 0 Å². The molecule has 0 spiro atoms. The summed E-state index contributed by atoms with van der Waals surface area (Å²) in [5.74, 6) is -1.20. The van der Waals surface area contributed by atoms with Crippen LogP contribution in [0, 0.1) is 5.92 Å². The zero-order chi connectivity index (χ0) is 13.1. The first-order chi connectivity index (χ1) is 7.82. The molecule has 1 fully saturated rings. The van der Waals surface area contributed by atoms with E-state index < -0.39 is 16.8 Å². The van der Waals surface area contributed by atoms with Gasteiger partial charge in [0, 0.05) is 10.7 Å². The van der Waals surface area contributed by atoms with E-state index in [1.165, 1.54) is 6.42 Å². The van der Waals surface area contributed by atoms with Gasteiger partial charge in [-0.05, 0) is 26.7 Å². The summed E-state index contributed by atoms with van der Waals surface area (Å²) in [6.07, 6.45) is 5.01. The van der Waals surface area contributed by atoms with Gasteiger partial charge in [0.25, 0.3) is 0 Å². The van der Waals surface area contributed by atoms with Gasteiger partial charge < -0.3 is 10.4 Å². The van der Waals surface area contributed by atoms with Crippen LogP contribution in [0.25, 0.3) is 0 Å². The van der Waals surface area contributed by atoms with Crippen LogP contribution in [-0.2, 0) is 9.59 Å². The SMILES string of the molecule is CC(C)(S)C(NC(=O)C1CCCCC1)C(=O)O. The number of hydrogen-bond donors (Lipinski definition) is 3. The average molecular weight is 259 g/mol. The molecule has 1 aliphatic rings. The highest BCUT2D eigenvalue weighted by Gasteiger charge is 2.35. The fraction of sp³-hybridized carbons (Fsp3) is 0.833. The number of aliphatic carboxylic acids is 1. The third-order valence-electron chi connectivity index (χ3n) is 3.22. The molecule has 17 heavy (non-hydrogen) atoms. The standard InChI is InChI=1S/C12H21NO3S/c1-12(2,17)9(11(15)16)13-10(14)8-6-4-3-5-7-8/h8-9,17H,3-7H2,1-2H3,(H,13,14)(H,15,16). The number of carboxylic acids is 1. The first kappa shape index (κ1) is 14.4. The van der Waals surface area contributed by atoms with E-state index >= 15 is 0 Å². The number of amides is 1. The van der Waals surface area contributed by atoms with E-state index in [1.807, 2.05) is 0 Å². The predicted octanol–water partition coefficient (Wildman–Crippen LogP) is 1.84. The summed E-state index contributed by atoms with van der Waals surface area (Å²) in [5.41, 5.74) is 0. The molecular weight excluding hydrogens is 238 g/mol. The molecule has 5 heteroatoms. The van der Waals surface area contributed by atoms with E-state index in [4.69, 9.17) is 5.11 Å². The summed E-state index contributed by atoms with van der Waals surface area (Å²) in [7, 11) is 0. The Bertz CT molecular complexity index is 293. The van der Waals surface area contributed by atoms with Crippen molar-refractivity contribution in [3.8, 4) is 0 Å². The average Bonchev–Trinajstić information content (AvgIpc) is 2.24. The zero-order valence-corrected chi connectivity index (χ0v) is 11.3. The number of hydrogen-bond acceptors (Lipinski definition) is 3. The molecule has 0 bridgehead atoms. The molecule has 4 nitrogen and oxygen atoms in total. The summed E-state index contributed by atoms with van der Waals surface area (Å²) >= 11 is 4.23. The number of carbonyl (C=O) groups excluding carboxylic acids is 1. The van der Waals surface area contributed by atoms with Gasteiger partial charge in [0.1, 0.15) is 6.04 Å². The summed E-state index contributed by atoms with van der Waals surface area (Å²) in [6, 6.07) is -0.944. The molecule has 0 aromatic rings. The lowest BCUT2D eigenvalue weighted by molar-refractivity contribution is -0.143. The Balaban J connectivity index is 2.60. The van der Waals surface area contributed by atoms with Gasteiger partial charge in [-0.3, -0.25) is 4.79 Å². The first-order valence-electron chi connectivity index (χ1n) is 6.08. The maximum atomic E-state index is 12.0. The molecule has 0 aliphatic heterocycles. The van der Waals surface area contributed by atoms with E-state index in [1.54, 1.807) is 13.8 Å². The van der Waals surface area contributed by atoms with Crippen molar-refractivity contribution < 1.29 is 14.7 Å². The first-order valence-corrected chi connectivity index (χ1v) is 6.52. The van der Waals surface area contributed by atoms with Gasteiger partial charge in [-0.25, -0.2) is 4.79 Å². The molecule has 1 atom stereocenters. The third-order valence-corrected chi connectivity index (χ3v) is 3.47. The lowest BCUT2D eigenvalue weighted by Crippen LogP contribution is -2.53. The Labute approximate surface area is 108 Å². The quantitative estimate of drug-likeness (QED) is 0.675. The molecule has 1 rings (SSSR count). The largest absolute Gasteiger partial charge is 0.480 e. The molecule has 1 saturated carbocycles. The van der Waals surface area contributed by atoms with Crippen molar-refractivity contribution in [2.75, 3.05) is 0 Å². The molecule has 0 aromatic heterocycles. The van der Waals surface area contributed by atoms with Gasteiger partial charge in [-0.1, -0.05) is 19.3 Å². The van der Waals surface area contributed by atoms with Crippen LogP contribution in [0.3, 0.4) is 0 Å². The second-order valence-electron chi connectivity index (χ2n) is 5.27. The highest BCUT2D eigenvalue weighted by molar-refractivity contribution is 7.81. The minimum atomic E-state index is -1.03. The predicted molar refractivity (Wildman–Crippen MR) is 69.2 cm³/mol. The molecule has 0 heterocycles. The number of rotatable bonds is 4. The van der Waals surface area contributed by atoms with E-state index in [0.29, 0.717) is 0 Å². The van der Waals surface area contributed by atoms with Crippen molar-refractivity contribution >= 4 is 24.5 Å². The lowest BCUT2D eigenvalue weighted by atomic mass is 9.88. The Morgan fingerprint density at radius 3 is 2.24 bits per heavy atom. The molecule has 1 amide bonds. The molecule has 0 radical (unpaired) electrons. The van der Waals surface area contributed by atoms with Crippen LogP contribution in [0.1, 0.15) is 46.0 Å². The van der Waals surface area contributed by atoms with E-state index in [9.17, 15) is 9.59 Å². The van der Waals surface area contributed by atoms with Crippen LogP contribution in [0.2, 0.25) is 0 Å². The Morgan fingerprint density at radius 2 is 1.82 bits per heavy atom. The van der Waals surface area contributed by atoms with E-state index in [-0.39, 0.29) is 11.8 Å². The molecule has 1 unspecified atom stereocenters. The lowest BCUT2D eigenvalue weighted by Gasteiger charge is -2.29. The molecule has 98 valence electrons. The van der Waals surface area contributed by atoms with Crippen molar-refractivity contribution in [2.45, 2.75) is 56.7 Å². The molecule has 0 aromatic carbocycles. The van der Waals surface area contributed by atoms with Crippen LogP contribution in [-0.4, -0.2) is 27.8 Å². The number of thiol groups is 1. The topological polar surface area (TPSA) is 66.4 Å². The number of carbonyl (C=O) groups is 2. The van der Waals surface area contributed by atoms with Gasteiger partial charge >= 0.3 is 5.97 Å². The normalized spacial score (nSPS) is 19.7. The van der Waals surface area contributed by atoms with Crippen molar-refractivity contribution in [3.05, 3.63) is 0 Å². The van der Waals surface area contributed by atoms with Crippen LogP contribution in [0.5, 0.6) is 0 Å². The maximum Gasteiger partial charge on any atom is 0.327 e. The van der Waals surface area contributed by atoms with Gasteiger partial charge in [0.2, 0.25) is 5.91 Å². The van der Waals surface area contributed by atoms with Gasteiger partial charge in [0.15, 0.2) is 0 Å². The minimum Gasteiger partial charge on any atom is -0.480 e. The highest BCUT2D eigenvalue weighted by Crippen LogP contribution is 2.25. The Kier molecular flexibility index (Phi) is 4.86. The highest BCUT2D eigenvalue weighted by atomic mass is 32.1. The van der Waals surface area contributed by atoms with Crippen LogP contribution in [0.4, 0.5) is 0 Å². The van der Waals surface area contributed by atoms with Crippen molar-refractivity contribution in [1.82, 2.24) is 5.32 Å². The Morgan fingerprint density at radius 1 is 1.29 bits per heavy atom. The van der Waals surface area contributed by atoms with Crippen molar-refractivity contribution in [1.29, 1.82) is 0 Å². The fourth-order valence-electron chi connectivity index (χ4n) is 2.17. The second kappa shape index (κ2) is 5.76. The summed E-state index contributed by atoms with van der Waals surface area (Å²) in [4.78, 5) is 23.1. The molecular formula is C12H21NO3S. The second-order valence-corrected chi connectivity index (χ2v) is 6.42. The van der Waals surface area contributed by atoms with Crippen molar-refractivity contribution in [2.24, 2.45) is 5.92 Å². The molecule has 1 aliphatic carbocycles. The maximum absolute atomic E-state index is 12.0. The van der Waals surface area contributed by atoms with Gasteiger partial charge in [-0.2, -0.15) is 12.6 Å². The Hall–Kier alpha value is -0.710. The van der Waals surface area contributed by atoms with Crippen LogP contribution >= 0.6 is 12.6 Å². The fourth-order valence-corrected chi connectivity index (χ4v) is 2.34.